The minimum Gasteiger partial charge on any atom is -0.377 e. The lowest BCUT2D eigenvalue weighted by molar-refractivity contribution is -0.0210. The van der Waals surface area contributed by atoms with Crippen molar-refractivity contribution in [1.82, 2.24) is 9.80 Å². The van der Waals surface area contributed by atoms with Crippen LogP contribution in [0.5, 0.6) is 0 Å². The minimum atomic E-state index is -0.0153. The van der Waals surface area contributed by atoms with Gasteiger partial charge in [0.1, 0.15) is 0 Å². The summed E-state index contributed by atoms with van der Waals surface area (Å²) in [6.07, 6.45) is 1.25. The second-order valence-corrected chi connectivity index (χ2v) is 5.53. The van der Waals surface area contributed by atoms with Gasteiger partial charge in [0.05, 0.1) is 5.60 Å². The van der Waals surface area contributed by atoms with Crippen molar-refractivity contribution in [1.29, 1.82) is 0 Å². The first-order valence-electron chi connectivity index (χ1n) is 6.50. The molecule has 1 aliphatic heterocycles. The fourth-order valence-electron chi connectivity index (χ4n) is 2.22. The standard InChI is InChI=1S/C13H28N2O/c1-6-12(2)15-9-7-14(8-10-15)11-13(3,4)16-5/h12H,6-11H2,1-5H3. The van der Waals surface area contributed by atoms with E-state index in [4.69, 9.17) is 4.74 Å². The van der Waals surface area contributed by atoms with Crippen LogP contribution in [0.25, 0.3) is 0 Å². The molecule has 1 fully saturated rings. The number of methoxy groups -OCH3 is 1. The van der Waals surface area contributed by atoms with Gasteiger partial charge in [-0.1, -0.05) is 6.92 Å². The molecule has 0 spiro atoms. The molecule has 96 valence electrons. The molecule has 3 heteroatoms. The van der Waals surface area contributed by atoms with Gasteiger partial charge in [0.25, 0.3) is 0 Å². The zero-order valence-corrected chi connectivity index (χ0v) is 11.6. The number of piperazine rings is 1. The third kappa shape index (κ3) is 4.04. The van der Waals surface area contributed by atoms with Crippen LogP contribution < -0.4 is 0 Å². The topological polar surface area (TPSA) is 15.7 Å². The van der Waals surface area contributed by atoms with Gasteiger partial charge in [0, 0.05) is 45.9 Å². The van der Waals surface area contributed by atoms with Crippen LogP contribution in [0.2, 0.25) is 0 Å². The van der Waals surface area contributed by atoms with E-state index in [0.717, 1.165) is 12.6 Å². The monoisotopic (exact) mass is 228 g/mol. The van der Waals surface area contributed by atoms with E-state index in [1.807, 2.05) is 0 Å². The molecule has 0 aliphatic carbocycles. The van der Waals surface area contributed by atoms with Crippen molar-refractivity contribution in [2.45, 2.75) is 45.8 Å². The minimum absolute atomic E-state index is 0.0153. The fraction of sp³-hybridized carbons (Fsp3) is 1.00. The Balaban J connectivity index is 2.32. The summed E-state index contributed by atoms with van der Waals surface area (Å²) in [6, 6.07) is 0.734. The first-order chi connectivity index (χ1) is 7.48. The number of ether oxygens (including phenoxy) is 1. The molecule has 0 saturated carbocycles. The normalized spacial score (nSPS) is 22.3. The largest absolute Gasteiger partial charge is 0.377 e. The molecule has 1 aliphatic rings. The van der Waals surface area contributed by atoms with Crippen LogP contribution >= 0.6 is 0 Å². The van der Waals surface area contributed by atoms with Gasteiger partial charge in [0.15, 0.2) is 0 Å². The summed E-state index contributed by atoms with van der Waals surface area (Å²) in [4.78, 5) is 5.11. The van der Waals surface area contributed by atoms with Crippen molar-refractivity contribution in [2.24, 2.45) is 0 Å². The molecule has 1 heterocycles. The molecule has 0 bridgehead atoms. The van der Waals surface area contributed by atoms with Crippen molar-refractivity contribution >= 4 is 0 Å². The van der Waals surface area contributed by atoms with Crippen LogP contribution in [0, 0.1) is 0 Å². The first-order valence-corrected chi connectivity index (χ1v) is 6.50. The Kier molecular flexibility index (Phi) is 5.22. The van der Waals surface area contributed by atoms with E-state index in [2.05, 4.69) is 37.5 Å². The van der Waals surface area contributed by atoms with Crippen molar-refractivity contribution < 1.29 is 4.74 Å². The predicted octanol–water partition coefficient (Wildman–Crippen LogP) is 1.83. The summed E-state index contributed by atoms with van der Waals surface area (Å²) in [5.74, 6) is 0. The van der Waals surface area contributed by atoms with Crippen LogP contribution in [0.1, 0.15) is 34.1 Å². The molecule has 0 amide bonds. The van der Waals surface area contributed by atoms with Gasteiger partial charge < -0.3 is 4.74 Å². The molecular weight excluding hydrogens is 200 g/mol. The van der Waals surface area contributed by atoms with Gasteiger partial charge >= 0.3 is 0 Å². The van der Waals surface area contributed by atoms with E-state index in [0.29, 0.717) is 0 Å². The smallest absolute Gasteiger partial charge is 0.0749 e. The van der Waals surface area contributed by atoms with E-state index in [1.165, 1.54) is 32.6 Å². The maximum atomic E-state index is 5.48. The summed E-state index contributed by atoms with van der Waals surface area (Å²) in [5.41, 5.74) is -0.0153. The summed E-state index contributed by atoms with van der Waals surface area (Å²) < 4.78 is 5.48. The van der Waals surface area contributed by atoms with Gasteiger partial charge in [-0.05, 0) is 27.2 Å². The van der Waals surface area contributed by atoms with Crippen LogP contribution in [0.4, 0.5) is 0 Å². The third-order valence-electron chi connectivity index (χ3n) is 3.78. The zero-order valence-electron chi connectivity index (χ0n) is 11.6. The second-order valence-electron chi connectivity index (χ2n) is 5.53. The Hall–Kier alpha value is -0.120. The molecule has 0 aromatic heterocycles. The van der Waals surface area contributed by atoms with Gasteiger partial charge in [0.2, 0.25) is 0 Å². The van der Waals surface area contributed by atoms with Crippen molar-refractivity contribution in [3.8, 4) is 0 Å². The van der Waals surface area contributed by atoms with E-state index in [1.54, 1.807) is 7.11 Å². The summed E-state index contributed by atoms with van der Waals surface area (Å²) in [6.45, 7) is 14.7. The van der Waals surface area contributed by atoms with Crippen LogP contribution in [-0.4, -0.2) is 61.3 Å². The molecule has 0 aromatic rings. The van der Waals surface area contributed by atoms with Gasteiger partial charge in [-0.25, -0.2) is 0 Å². The van der Waals surface area contributed by atoms with Crippen LogP contribution in [0.3, 0.4) is 0 Å². The molecule has 1 saturated heterocycles. The Morgan fingerprint density at radius 3 is 2.19 bits per heavy atom. The number of rotatable bonds is 5. The van der Waals surface area contributed by atoms with E-state index >= 15 is 0 Å². The fourth-order valence-corrected chi connectivity index (χ4v) is 2.22. The Bertz CT molecular complexity index is 198. The zero-order chi connectivity index (χ0) is 12.2. The molecular formula is C13H28N2O. The Morgan fingerprint density at radius 1 is 1.19 bits per heavy atom. The van der Waals surface area contributed by atoms with Crippen LogP contribution in [-0.2, 0) is 4.74 Å². The third-order valence-corrected chi connectivity index (χ3v) is 3.78. The second kappa shape index (κ2) is 5.99. The maximum Gasteiger partial charge on any atom is 0.0749 e. The number of nitrogens with zero attached hydrogens (tertiary/aromatic N) is 2. The van der Waals surface area contributed by atoms with Crippen molar-refractivity contribution in [3.05, 3.63) is 0 Å². The molecule has 0 N–H and O–H groups in total. The molecule has 1 rings (SSSR count). The summed E-state index contributed by atoms with van der Waals surface area (Å²) in [7, 11) is 1.80. The van der Waals surface area contributed by atoms with Gasteiger partial charge in [-0.3, -0.25) is 9.80 Å². The molecule has 3 nitrogen and oxygen atoms in total. The molecule has 0 radical (unpaired) electrons. The van der Waals surface area contributed by atoms with E-state index in [-0.39, 0.29) is 5.60 Å². The van der Waals surface area contributed by atoms with Crippen molar-refractivity contribution in [3.63, 3.8) is 0 Å². The Morgan fingerprint density at radius 2 is 1.75 bits per heavy atom. The van der Waals surface area contributed by atoms with E-state index < -0.39 is 0 Å². The molecule has 16 heavy (non-hydrogen) atoms. The average molecular weight is 228 g/mol. The molecule has 1 unspecified atom stereocenters. The highest BCUT2D eigenvalue weighted by Crippen LogP contribution is 2.14. The predicted molar refractivity (Wildman–Crippen MR) is 68.9 cm³/mol. The Labute approximate surface area is 101 Å². The first kappa shape index (κ1) is 13.9. The summed E-state index contributed by atoms with van der Waals surface area (Å²) >= 11 is 0. The highest BCUT2D eigenvalue weighted by molar-refractivity contribution is 4.80. The molecule has 0 aromatic carbocycles. The number of hydrogen-bond donors (Lipinski definition) is 0. The van der Waals surface area contributed by atoms with Gasteiger partial charge in [-0.15, -0.1) is 0 Å². The maximum absolute atomic E-state index is 5.48. The highest BCUT2D eigenvalue weighted by atomic mass is 16.5. The van der Waals surface area contributed by atoms with E-state index in [9.17, 15) is 0 Å². The highest BCUT2D eigenvalue weighted by Gasteiger charge is 2.25. The quantitative estimate of drug-likeness (QED) is 0.714. The van der Waals surface area contributed by atoms with Crippen molar-refractivity contribution in [2.75, 3.05) is 39.8 Å². The average Bonchev–Trinajstić information content (AvgIpc) is 2.28. The summed E-state index contributed by atoms with van der Waals surface area (Å²) in [5, 5.41) is 0. The van der Waals surface area contributed by atoms with Gasteiger partial charge in [-0.2, -0.15) is 0 Å². The lowest BCUT2D eigenvalue weighted by atomic mass is 10.1. The lowest BCUT2D eigenvalue weighted by Gasteiger charge is -2.40. The number of hydrogen-bond acceptors (Lipinski definition) is 3. The lowest BCUT2D eigenvalue weighted by Crippen LogP contribution is -2.52. The molecule has 1 atom stereocenters. The van der Waals surface area contributed by atoms with Crippen LogP contribution in [0.15, 0.2) is 0 Å². The SMILES string of the molecule is CCC(C)N1CCN(CC(C)(C)OC)CC1.